The monoisotopic (exact) mass is 367 g/mol. The van der Waals surface area contributed by atoms with E-state index in [-0.39, 0.29) is 24.5 Å². The van der Waals surface area contributed by atoms with Crippen molar-refractivity contribution in [2.45, 2.75) is 19.9 Å². The molecule has 1 N–H and O–H groups in total. The van der Waals surface area contributed by atoms with Crippen LogP contribution >= 0.6 is 0 Å². The van der Waals surface area contributed by atoms with E-state index < -0.39 is 0 Å². The van der Waals surface area contributed by atoms with E-state index in [0.717, 1.165) is 17.0 Å². The van der Waals surface area contributed by atoms with E-state index in [4.69, 9.17) is 4.74 Å². The first kappa shape index (κ1) is 18.8. The van der Waals surface area contributed by atoms with Gasteiger partial charge in [-0.15, -0.1) is 0 Å². The number of hydrogen-bond donors (Lipinski definition) is 1. The van der Waals surface area contributed by atoms with Crippen LogP contribution in [0.15, 0.2) is 54.6 Å². The maximum Gasteiger partial charge on any atom is 0.325 e. The molecule has 6 nitrogen and oxygen atoms in total. The van der Waals surface area contributed by atoms with Crippen molar-refractivity contribution in [2.75, 3.05) is 31.1 Å². The zero-order valence-corrected chi connectivity index (χ0v) is 15.7. The molecule has 0 spiro atoms. The lowest BCUT2D eigenvalue weighted by atomic mass is 10.1. The standard InChI is InChI=1S/C21H25N3O3/c1-3-27-19-11-9-18(10-12-19)24-14-13-23(21(24)26)15-20(25)22-16(2)17-7-5-4-6-8-17/h4-12,16H,3,13-15H2,1-2H3,(H,22,25)/t16-/m0/s1. The lowest BCUT2D eigenvalue weighted by Crippen LogP contribution is -2.40. The molecule has 0 saturated carbocycles. The second-order valence-electron chi connectivity index (χ2n) is 6.48. The van der Waals surface area contributed by atoms with Gasteiger partial charge in [0.1, 0.15) is 12.3 Å². The molecule has 1 saturated heterocycles. The molecule has 1 aliphatic heterocycles. The summed E-state index contributed by atoms with van der Waals surface area (Å²) in [5.41, 5.74) is 1.85. The van der Waals surface area contributed by atoms with Gasteiger partial charge in [-0.2, -0.15) is 0 Å². The Balaban J connectivity index is 1.56. The Hall–Kier alpha value is -3.02. The predicted molar refractivity (Wildman–Crippen MR) is 105 cm³/mol. The number of hydrogen-bond acceptors (Lipinski definition) is 3. The van der Waals surface area contributed by atoms with Crippen LogP contribution in [-0.2, 0) is 4.79 Å². The van der Waals surface area contributed by atoms with Crippen molar-refractivity contribution >= 4 is 17.6 Å². The van der Waals surface area contributed by atoms with Gasteiger partial charge in [0.05, 0.1) is 12.6 Å². The van der Waals surface area contributed by atoms with E-state index >= 15 is 0 Å². The highest BCUT2D eigenvalue weighted by Gasteiger charge is 2.31. The smallest absolute Gasteiger partial charge is 0.325 e. The molecule has 1 heterocycles. The van der Waals surface area contributed by atoms with Crippen molar-refractivity contribution in [3.8, 4) is 5.75 Å². The highest BCUT2D eigenvalue weighted by atomic mass is 16.5. The average Bonchev–Trinajstić information content (AvgIpc) is 3.03. The van der Waals surface area contributed by atoms with Crippen LogP contribution in [0.4, 0.5) is 10.5 Å². The first-order valence-corrected chi connectivity index (χ1v) is 9.22. The van der Waals surface area contributed by atoms with Gasteiger partial charge in [0.25, 0.3) is 0 Å². The van der Waals surface area contributed by atoms with Crippen LogP contribution < -0.4 is 15.0 Å². The minimum absolute atomic E-state index is 0.0591. The zero-order valence-electron chi connectivity index (χ0n) is 15.7. The van der Waals surface area contributed by atoms with Crippen molar-refractivity contribution in [3.63, 3.8) is 0 Å². The number of nitrogens with zero attached hydrogens (tertiary/aromatic N) is 2. The molecule has 1 atom stereocenters. The Kier molecular flexibility index (Phi) is 5.96. The molecule has 3 amide bonds. The lowest BCUT2D eigenvalue weighted by Gasteiger charge is -2.20. The van der Waals surface area contributed by atoms with Gasteiger partial charge < -0.3 is 15.0 Å². The van der Waals surface area contributed by atoms with Crippen LogP contribution in [0.3, 0.4) is 0 Å². The van der Waals surface area contributed by atoms with Crippen LogP contribution in [-0.4, -0.2) is 43.1 Å². The molecule has 1 aliphatic rings. The molecule has 0 aromatic heterocycles. The van der Waals surface area contributed by atoms with Gasteiger partial charge in [-0.3, -0.25) is 9.69 Å². The van der Waals surface area contributed by atoms with Gasteiger partial charge >= 0.3 is 6.03 Å². The number of ether oxygens (including phenoxy) is 1. The predicted octanol–water partition coefficient (Wildman–Crippen LogP) is 3.20. The Morgan fingerprint density at radius 2 is 1.81 bits per heavy atom. The van der Waals surface area contributed by atoms with Crippen LogP contribution in [0, 0.1) is 0 Å². The Morgan fingerprint density at radius 3 is 2.48 bits per heavy atom. The maximum absolute atomic E-state index is 12.6. The summed E-state index contributed by atoms with van der Waals surface area (Å²) in [5, 5.41) is 2.95. The first-order valence-electron chi connectivity index (χ1n) is 9.22. The number of anilines is 1. The average molecular weight is 367 g/mol. The summed E-state index contributed by atoms with van der Waals surface area (Å²) >= 11 is 0. The summed E-state index contributed by atoms with van der Waals surface area (Å²) in [6.45, 7) is 5.62. The normalized spacial score (nSPS) is 15.0. The number of rotatable bonds is 7. The molecular formula is C21H25N3O3. The minimum Gasteiger partial charge on any atom is -0.494 e. The molecule has 6 heteroatoms. The second-order valence-corrected chi connectivity index (χ2v) is 6.48. The number of carbonyl (C=O) groups is 2. The SMILES string of the molecule is CCOc1ccc(N2CCN(CC(=O)N[C@@H](C)c3ccccc3)C2=O)cc1. The number of urea groups is 1. The van der Waals surface area contributed by atoms with Crippen molar-refractivity contribution in [3.05, 3.63) is 60.2 Å². The summed E-state index contributed by atoms with van der Waals surface area (Å²) in [6, 6.07) is 16.9. The van der Waals surface area contributed by atoms with E-state index in [0.29, 0.717) is 19.7 Å². The molecular weight excluding hydrogens is 342 g/mol. The number of amides is 3. The fourth-order valence-corrected chi connectivity index (χ4v) is 3.14. The summed E-state index contributed by atoms with van der Waals surface area (Å²) < 4.78 is 5.43. The Labute approximate surface area is 159 Å². The van der Waals surface area contributed by atoms with Gasteiger partial charge in [-0.1, -0.05) is 30.3 Å². The number of carbonyl (C=O) groups excluding carboxylic acids is 2. The van der Waals surface area contributed by atoms with Crippen LogP contribution in [0.2, 0.25) is 0 Å². The molecule has 2 aromatic rings. The highest BCUT2D eigenvalue weighted by molar-refractivity contribution is 5.96. The van der Waals surface area contributed by atoms with E-state index in [9.17, 15) is 9.59 Å². The van der Waals surface area contributed by atoms with Crippen molar-refractivity contribution in [1.29, 1.82) is 0 Å². The van der Waals surface area contributed by atoms with Gasteiger partial charge in [0, 0.05) is 18.8 Å². The van der Waals surface area contributed by atoms with Crippen LogP contribution in [0.5, 0.6) is 5.75 Å². The minimum atomic E-state index is -0.159. The topological polar surface area (TPSA) is 61.9 Å². The van der Waals surface area contributed by atoms with E-state index in [1.54, 1.807) is 9.80 Å². The number of benzene rings is 2. The van der Waals surface area contributed by atoms with Crippen LogP contribution in [0.1, 0.15) is 25.5 Å². The molecule has 142 valence electrons. The third-order valence-electron chi connectivity index (χ3n) is 4.57. The first-order chi connectivity index (χ1) is 13.1. The Morgan fingerprint density at radius 1 is 1.11 bits per heavy atom. The molecule has 0 bridgehead atoms. The molecule has 1 fully saturated rings. The second kappa shape index (κ2) is 8.58. The largest absolute Gasteiger partial charge is 0.494 e. The fourth-order valence-electron chi connectivity index (χ4n) is 3.14. The van der Waals surface area contributed by atoms with Crippen molar-refractivity contribution in [1.82, 2.24) is 10.2 Å². The molecule has 0 unspecified atom stereocenters. The summed E-state index contributed by atoms with van der Waals surface area (Å²) in [7, 11) is 0. The summed E-state index contributed by atoms with van der Waals surface area (Å²) in [4.78, 5) is 28.3. The zero-order chi connectivity index (χ0) is 19.2. The van der Waals surface area contributed by atoms with E-state index in [1.807, 2.05) is 68.4 Å². The molecule has 0 radical (unpaired) electrons. The fraction of sp³-hybridized carbons (Fsp3) is 0.333. The third-order valence-corrected chi connectivity index (χ3v) is 4.57. The van der Waals surface area contributed by atoms with E-state index in [1.165, 1.54) is 0 Å². The van der Waals surface area contributed by atoms with Crippen molar-refractivity contribution in [2.24, 2.45) is 0 Å². The van der Waals surface area contributed by atoms with Gasteiger partial charge in [-0.25, -0.2) is 4.79 Å². The lowest BCUT2D eigenvalue weighted by molar-refractivity contribution is -0.122. The quantitative estimate of drug-likeness (QED) is 0.817. The molecule has 0 aliphatic carbocycles. The highest BCUT2D eigenvalue weighted by Crippen LogP contribution is 2.23. The number of nitrogens with one attached hydrogen (secondary N) is 1. The van der Waals surface area contributed by atoms with Gasteiger partial charge in [0.2, 0.25) is 5.91 Å². The van der Waals surface area contributed by atoms with Crippen molar-refractivity contribution < 1.29 is 14.3 Å². The summed E-state index contributed by atoms with van der Waals surface area (Å²) in [5.74, 6) is 0.618. The van der Waals surface area contributed by atoms with Gasteiger partial charge in [-0.05, 0) is 43.7 Å². The molecule has 3 rings (SSSR count). The van der Waals surface area contributed by atoms with Gasteiger partial charge in [0.15, 0.2) is 0 Å². The third kappa shape index (κ3) is 4.58. The maximum atomic E-state index is 12.6. The molecule has 2 aromatic carbocycles. The van der Waals surface area contributed by atoms with E-state index in [2.05, 4.69) is 5.32 Å². The molecule has 27 heavy (non-hydrogen) atoms. The Bertz CT molecular complexity index is 777. The van der Waals surface area contributed by atoms with Crippen LogP contribution in [0.25, 0.3) is 0 Å². The summed E-state index contributed by atoms with van der Waals surface area (Å²) in [6.07, 6.45) is 0.